The van der Waals surface area contributed by atoms with E-state index in [1.165, 1.54) is 0 Å². The highest BCUT2D eigenvalue weighted by Gasteiger charge is 2.54. The van der Waals surface area contributed by atoms with Crippen molar-refractivity contribution in [1.29, 1.82) is 0 Å². The first-order chi connectivity index (χ1) is 11.5. The van der Waals surface area contributed by atoms with Gasteiger partial charge in [0.05, 0.1) is 18.6 Å². The number of ether oxygens (including phenoxy) is 4. The summed E-state index contributed by atoms with van der Waals surface area (Å²) in [5, 5.41) is 0. The lowest BCUT2D eigenvalue weighted by Gasteiger charge is -2.49. The molecule has 0 bridgehead atoms. The second-order valence-corrected chi connectivity index (χ2v) is 10.2. The molecule has 152 valence electrons. The highest BCUT2D eigenvalue weighted by atomic mass is 16.7. The van der Waals surface area contributed by atoms with Crippen molar-refractivity contribution in [1.82, 2.24) is 0 Å². The van der Waals surface area contributed by atoms with Crippen LogP contribution in [-0.2, 0) is 23.7 Å². The molecule has 0 aromatic heterocycles. The molecule has 26 heavy (non-hydrogen) atoms. The Morgan fingerprint density at radius 3 is 1.58 bits per heavy atom. The smallest absolute Gasteiger partial charge is 0.455 e. The monoisotopic (exact) mass is 372 g/mol. The minimum atomic E-state index is -0.788. The van der Waals surface area contributed by atoms with Gasteiger partial charge in [-0.1, -0.05) is 41.5 Å². The highest BCUT2D eigenvalue weighted by molar-refractivity contribution is 5.78. The standard InChI is InChI=1S/C20H36O6/c1-17(2,3)20(10,18(4,5)6)15(21)24-13-11-23-12-14(13)25-16(22)26-19(7,8)9/h13-14H,11-12H2,1-10H3. The van der Waals surface area contributed by atoms with Gasteiger partial charge in [0.1, 0.15) is 5.60 Å². The summed E-state index contributed by atoms with van der Waals surface area (Å²) in [4.78, 5) is 25.0. The van der Waals surface area contributed by atoms with Gasteiger partial charge in [-0.25, -0.2) is 4.79 Å². The van der Waals surface area contributed by atoms with Gasteiger partial charge in [-0.15, -0.1) is 0 Å². The summed E-state index contributed by atoms with van der Waals surface area (Å²) >= 11 is 0. The molecule has 0 saturated carbocycles. The van der Waals surface area contributed by atoms with Crippen LogP contribution in [0.2, 0.25) is 0 Å². The fourth-order valence-corrected chi connectivity index (χ4v) is 3.13. The molecule has 1 heterocycles. The summed E-state index contributed by atoms with van der Waals surface area (Å²) in [7, 11) is 0. The Balaban J connectivity index is 2.88. The van der Waals surface area contributed by atoms with E-state index in [0.29, 0.717) is 0 Å². The molecule has 0 aromatic carbocycles. The van der Waals surface area contributed by atoms with Crippen LogP contribution in [0.25, 0.3) is 0 Å². The summed E-state index contributed by atoms with van der Waals surface area (Å²) < 4.78 is 21.6. The Morgan fingerprint density at radius 1 is 0.769 bits per heavy atom. The molecule has 0 aromatic rings. The van der Waals surface area contributed by atoms with Crippen LogP contribution in [0.5, 0.6) is 0 Å². The quantitative estimate of drug-likeness (QED) is 0.686. The van der Waals surface area contributed by atoms with E-state index < -0.39 is 29.4 Å². The van der Waals surface area contributed by atoms with Crippen molar-refractivity contribution in [2.75, 3.05) is 13.2 Å². The van der Waals surface area contributed by atoms with Gasteiger partial charge in [0.15, 0.2) is 12.2 Å². The van der Waals surface area contributed by atoms with Crippen LogP contribution < -0.4 is 0 Å². The maximum absolute atomic E-state index is 13.1. The van der Waals surface area contributed by atoms with Gasteiger partial charge in [0.2, 0.25) is 0 Å². The number of hydrogen-bond donors (Lipinski definition) is 0. The zero-order valence-corrected chi connectivity index (χ0v) is 18.0. The second-order valence-electron chi connectivity index (χ2n) is 10.2. The van der Waals surface area contributed by atoms with Crippen molar-refractivity contribution in [3.05, 3.63) is 0 Å². The molecule has 0 amide bonds. The average Bonchev–Trinajstić information content (AvgIpc) is 2.79. The molecule has 0 spiro atoms. The SMILES string of the molecule is CC(C)(C)OC(=O)OC1COCC1OC(=O)C(C)(C(C)(C)C)C(C)(C)C. The lowest BCUT2D eigenvalue weighted by atomic mass is 9.55. The van der Waals surface area contributed by atoms with E-state index >= 15 is 0 Å². The Labute approximate surface area is 157 Å². The molecule has 1 fully saturated rings. The Kier molecular flexibility index (Phi) is 6.45. The molecule has 6 nitrogen and oxygen atoms in total. The van der Waals surface area contributed by atoms with E-state index in [0.717, 1.165) is 0 Å². The van der Waals surface area contributed by atoms with Crippen molar-refractivity contribution in [3.8, 4) is 0 Å². The molecular weight excluding hydrogens is 336 g/mol. The number of carbonyl (C=O) groups is 2. The summed E-state index contributed by atoms with van der Waals surface area (Å²) in [5.41, 5.74) is -2.02. The fraction of sp³-hybridized carbons (Fsp3) is 0.900. The first kappa shape index (κ1) is 22.7. The topological polar surface area (TPSA) is 71.1 Å². The van der Waals surface area contributed by atoms with Crippen LogP contribution in [0.1, 0.15) is 69.2 Å². The zero-order valence-electron chi connectivity index (χ0n) is 18.0. The third-order valence-electron chi connectivity index (χ3n) is 5.28. The first-order valence-electron chi connectivity index (χ1n) is 9.17. The summed E-state index contributed by atoms with van der Waals surface area (Å²) in [6, 6.07) is 0. The lowest BCUT2D eigenvalue weighted by Crippen LogP contribution is -2.52. The van der Waals surface area contributed by atoms with E-state index in [2.05, 4.69) is 0 Å². The Hall–Kier alpha value is -1.30. The first-order valence-corrected chi connectivity index (χ1v) is 9.17. The molecular formula is C20H36O6. The summed E-state index contributed by atoms with van der Waals surface area (Å²) in [6.07, 6.45) is -2.10. The van der Waals surface area contributed by atoms with Crippen LogP contribution in [0, 0.1) is 16.2 Å². The summed E-state index contributed by atoms with van der Waals surface area (Å²) in [6.45, 7) is 19.7. The van der Waals surface area contributed by atoms with Gasteiger partial charge in [-0.3, -0.25) is 4.79 Å². The highest BCUT2D eigenvalue weighted by Crippen LogP contribution is 2.52. The van der Waals surface area contributed by atoms with Crippen molar-refractivity contribution >= 4 is 12.1 Å². The predicted octanol–water partition coefficient (Wildman–Crippen LogP) is 4.35. The van der Waals surface area contributed by atoms with Gasteiger partial charge in [-0.2, -0.15) is 0 Å². The molecule has 0 aliphatic carbocycles. The third-order valence-corrected chi connectivity index (χ3v) is 5.28. The lowest BCUT2D eigenvalue weighted by molar-refractivity contribution is -0.182. The largest absolute Gasteiger partial charge is 0.509 e. The fourth-order valence-electron chi connectivity index (χ4n) is 3.13. The van der Waals surface area contributed by atoms with E-state index in [4.69, 9.17) is 18.9 Å². The number of carbonyl (C=O) groups excluding carboxylic acids is 2. The van der Waals surface area contributed by atoms with Gasteiger partial charge in [0.25, 0.3) is 0 Å². The molecule has 2 atom stereocenters. The van der Waals surface area contributed by atoms with Gasteiger partial charge >= 0.3 is 12.1 Å². The van der Waals surface area contributed by atoms with E-state index in [1.807, 2.05) is 48.5 Å². The summed E-state index contributed by atoms with van der Waals surface area (Å²) in [5.74, 6) is -0.314. The van der Waals surface area contributed by atoms with Crippen LogP contribution in [0.15, 0.2) is 0 Å². The van der Waals surface area contributed by atoms with Gasteiger partial charge in [0, 0.05) is 0 Å². The van der Waals surface area contributed by atoms with Gasteiger partial charge in [-0.05, 0) is 38.5 Å². The van der Waals surface area contributed by atoms with Crippen LogP contribution in [-0.4, -0.2) is 43.1 Å². The van der Waals surface area contributed by atoms with Crippen molar-refractivity contribution < 1.29 is 28.5 Å². The van der Waals surface area contributed by atoms with Crippen LogP contribution >= 0.6 is 0 Å². The Morgan fingerprint density at radius 2 is 1.19 bits per heavy atom. The zero-order chi connectivity index (χ0) is 20.6. The van der Waals surface area contributed by atoms with E-state index in [-0.39, 0.29) is 30.0 Å². The van der Waals surface area contributed by atoms with Gasteiger partial charge < -0.3 is 18.9 Å². The van der Waals surface area contributed by atoms with Crippen molar-refractivity contribution in [2.24, 2.45) is 16.2 Å². The van der Waals surface area contributed by atoms with Crippen molar-refractivity contribution in [3.63, 3.8) is 0 Å². The predicted molar refractivity (Wildman–Crippen MR) is 98.8 cm³/mol. The third kappa shape index (κ3) is 5.12. The molecule has 2 unspecified atom stereocenters. The maximum Gasteiger partial charge on any atom is 0.509 e. The number of rotatable bonds is 3. The minimum absolute atomic E-state index is 0.180. The normalized spacial score (nSPS) is 22.1. The minimum Gasteiger partial charge on any atom is -0.455 e. The molecule has 0 N–H and O–H groups in total. The molecule has 1 saturated heterocycles. The molecule has 6 heteroatoms. The van der Waals surface area contributed by atoms with Crippen molar-refractivity contribution in [2.45, 2.75) is 87.0 Å². The average molecular weight is 373 g/mol. The molecule has 1 rings (SSSR count). The maximum atomic E-state index is 13.1. The number of hydrogen-bond acceptors (Lipinski definition) is 6. The second kappa shape index (κ2) is 7.37. The molecule has 1 aliphatic heterocycles. The molecule has 1 aliphatic rings. The van der Waals surface area contributed by atoms with E-state index in [1.54, 1.807) is 20.8 Å². The molecule has 0 radical (unpaired) electrons. The van der Waals surface area contributed by atoms with E-state index in [9.17, 15) is 9.59 Å². The Bertz CT molecular complexity index is 504. The van der Waals surface area contributed by atoms with Crippen LogP contribution in [0.3, 0.4) is 0 Å². The van der Waals surface area contributed by atoms with Crippen LogP contribution in [0.4, 0.5) is 4.79 Å². The number of esters is 1.